The molecule has 0 saturated heterocycles. The van der Waals surface area contributed by atoms with E-state index >= 15 is 0 Å². The molecular weight excluding hydrogens is 286 g/mol. The lowest BCUT2D eigenvalue weighted by Crippen LogP contribution is -1.99. The first kappa shape index (κ1) is 11.8. The summed E-state index contributed by atoms with van der Waals surface area (Å²) in [5.41, 5.74) is 0.867. The lowest BCUT2D eigenvalue weighted by molar-refractivity contribution is 0.167. The number of halogens is 1. The summed E-state index contributed by atoms with van der Waals surface area (Å²) >= 11 is 5.08. The smallest absolute Gasteiger partial charge is 0.0808 e. The summed E-state index contributed by atoms with van der Waals surface area (Å²) in [6, 6.07) is 6.04. The van der Waals surface area contributed by atoms with E-state index in [1.807, 2.05) is 12.1 Å². The van der Waals surface area contributed by atoms with Crippen LogP contribution in [-0.2, 0) is 6.42 Å². The molecule has 0 aliphatic heterocycles. The van der Waals surface area contributed by atoms with Crippen molar-refractivity contribution < 1.29 is 5.11 Å². The van der Waals surface area contributed by atoms with Crippen molar-refractivity contribution >= 4 is 27.3 Å². The highest BCUT2D eigenvalue weighted by Gasteiger charge is 2.08. The third kappa shape index (κ3) is 3.14. The third-order valence-electron chi connectivity index (χ3n) is 2.36. The van der Waals surface area contributed by atoms with Crippen LogP contribution in [0.5, 0.6) is 0 Å². The fourth-order valence-electron chi connectivity index (χ4n) is 1.51. The summed E-state index contributed by atoms with van der Waals surface area (Å²) in [5, 5.41) is 12.0. The Morgan fingerprint density at radius 1 is 1.44 bits per heavy atom. The van der Waals surface area contributed by atoms with Crippen molar-refractivity contribution in [2.24, 2.45) is 0 Å². The van der Waals surface area contributed by atoms with Gasteiger partial charge in [-0.05, 0) is 51.8 Å². The van der Waals surface area contributed by atoms with E-state index in [0.29, 0.717) is 0 Å². The number of hydrogen-bond acceptors (Lipinski definition) is 3. The molecule has 2 rings (SSSR count). The van der Waals surface area contributed by atoms with E-state index in [1.165, 1.54) is 4.88 Å². The van der Waals surface area contributed by atoms with E-state index in [4.69, 9.17) is 0 Å². The van der Waals surface area contributed by atoms with Gasteiger partial charge in [-0.25, -0.2) is 0 Å². The highest BCUT2D eigenvalue weighted by atomic mass is 79.9. The molecule has 2 heterocycles. The Morgan fingerprint density at radius 2 is 2.31 bits per heavy atom. The molecular formula is C12H12BrNOS. The number of thiophene rings is 1. The molecule has 0 aliphatic rings. The average molecular weight is 298 g/mol. The zero-order valence-corrected chi connectivity index (χ0v) is 11.0. The van der Waals surface area contributed by atoms with Gasteiger partial charge in [0.05, 0.1) is 6.10 Å². The number of aryl methyl sites for hydroxylation is 1. The fraction of sp³-hybridized carbons (Fsp3) is 0.250. The van der Waals surface area contributed by atoms with E-state index in [2.05, 4.69) is 32.4 Å². The molecule has 0 aliphatic carbocycles. The molecule has 2 aromatic rings. The Labute approximate surface area is 107 Å². The summed E-state index contributed by atoms with van der Waals surface area (Å²) in [6.45, 7) is 0. The minimum absolute atomic E-state index is 0.438. The van der Waals surface area contributed by atoms with Crippen LogP contribution in [0.3, 0.4) is 0 Å². The lowest BCUT2D eigenvalue weighted by Gasteiger charge is -2.09. The molecule has 4 heteroatoms. The van der Waals surface area contributed by atoms with Crippen molar-refractivity contribution in [1.29, 1.82) is 0 Å². The van der Waals surface area contributed by atoms with E-state index in [9.17, 15) is 5.11 Å². The molecule has 2 nitrogen and oxygen atoms in total. The Balaban J connectivity index is 1.95. The molecule has 0 aromatic carbocycles. The molecule has 0 radical (unpaired) electrons. The first-order valence-electron chi connectivity index (χ1n) is 5.06. The van der Waals surface area contributed by atoms with Crippen molar-refractivity contribution in [3.05, 3.63) is 50.9 Å². The highest BCUT2D eigenvalue weighted by Crippen LogP contribution is 2.22. The van der Waals surface area contributed by atoms with Crippen LogP contribution in [0.15, 0.2) is 40.4 Å². The Kier molecular flexibility index (Phi) is 4.09. The van der Waals surface area contributed by atoms with Crippen molar-refractivity contribution in [2.45, 2.75) is 18.9 Å². The van der Waals surface area contributed by atoms with E-state index in [1.54, 1.807) is 23.7 Å². The molecule has 16 heavy (non-hydrogen) atoms. The predicted octanol–water partition coefficient (Wildman–Crippen LogP) is 3.57. The zero-order valence-electron chi connectivity index (χ0n) is 8.64. The minimum Gasteiger partial charge on any atom is -0.388 e. The second kappa shape index (κ2) is 5.57. The summed E-state index contributed by atoms with van der Waals surface area (Å²) in [7, 11) is 0. The van der Waals surface area contributed by atoms with Crippen molar-refractivity contribution in [1.82, 2.24) is 4.98 Å². The summed E-state index contributed by atoms with van der Waals surface area (Å²) in [5.74, 6) is 0. The number of aliphatic hydroxyl groups excluding tert-OH is 1. The second-order valence-electron chi connectivity index (χ2n) is 3.57. The Morgan fingerprint density at radius 3 is 3.00 bits per heavy atom. The number of nitrogens with zero attached hydrogens (tertiary/aromatic N) is 1. The van der Waals surface area contributed by atoms with Crippen LogP contribution in [0.25, 0.3) is 0 Å². The largest absolute Gasteiger partial charge is 0.388 e. The van der Waals surface area contributed by atoms with Crippen LogP contribution in [0.4, 0.5) is 0 Å². The Hall–Kier alpha value is -0.710. The van der Waals surface area contributed by atoms with E-state index < -0.39 is 6.10 Å². The average Bonchev–Trinajstić information content (AvgIpc) is 2.78. The van der Waals surface area contributed by atoms with E-state index in [-0.39, 0.29) is 0 Å². The molecule has 0 amide bonds. The van der Waals surface area contributed by atoms with Gasteiger partial charge in [0.2, 0.25) is 0 Å². The molecule has 0 spiro atoms. The molecule has 0 fully saturated rings. The maximum Gasteiger partial charge on any atom is 0.0808 e. The molecule has 0 saturated carbocycles. The van der Waals surface area contributed by atoms with Gasteiger partial charge in [-0.2, -0.15) is 0 Å². The van der Waals surface area contributed by atoms with Crippen LogP contribution < -0.4 is 0 Å². The molecule has 1 unspecified atom stereocenters. The van der Waals surface area contributed by atoms with Gasteiger partial charge >= 0.3 is 0 Å². The van der Waals surface area contributed by atoms with Crippen LogP contribution in [0.2, 0.25) is 0 Å². The summed E-state index contributed by atoms with van der Waals surface area (Å²) < 4.78 is 0.903. The van der Waals surface area contributed by atoms with Gasteiger partial charge in [0.15, 0.2) is 0 Å². The van der Waals surface area contributed by atoms with Crippen molar-refractivity contribution in [2.75, 3.05) is 0 Å². The van der Waals surface area contributed by atoms with Crippen molar-refractivity contribution in [3.63, 3.8) is 0 Å². The van der Waals surface area contributed by atoms with Crippen molar-refractivity contribution in [3.8, 4) is 0 Å². The van der Waals surface area contributed by atoms with Gasteiger partial charge in [0.25, 0.3) is 0 Å². The van der Waals surface area contributed by atoms with Crippen LogP contribution in [0, 0.1) is 0 Å². The van der Waals surface area contributed by atoms with Gasteiger partial charge in [0.1, 0.15) is 0 Å². The number of aromatic nitrogens is 1. The maximum atomic E-state index is 9.99. The van der Waals surface area contributed by atoms with Gasteiger partial charge < -0.3 is 5.11 Å². The zero-order chi connectivity index (χ0) is 11.4. The molecule has 1 atom stereocenters. The van der Waals surface area contributed by atoms with Gasteiger partial charge in [-0.3, -0.25) is 4.98 Å². The van der Waals surface area contributed by atoms with E-state index in [0.717, 1.165) is 22.9 Å². The number of aliphatic hydroxyl groups is 1. The number of hydrogen-bond donors (Lipinski definition) is 1. The SMILES string of the molecule is OC(CCc1cccs1)c1cncc(Br)c1. The standard InChI is InChI=1S/C12H12BrNOS/c13-10-6-9(7-14-8-10)12(15)4-3-11-2-1-5-16-11/h1-2,5-8,12,15H,3-4H2. The van der Waals surface area contributed by atoms with Gasteiger partial charge in [-0.1, -0.05) is 6.07 Å². The summed E-state index contributed by atoms with van der Waals surface area (Å²) in [4.78, 5) is 5.35. The number of rotatable bonds is 4. The van der Waals surface area contributed by atoms with Crippen LogP contribution in [0.1, 0.15) is 23.0 Å². The number of pyridine rings is 1. The first-order valence-corrected chi connectivity index (χ1v) is 6.74. The predicted molar refractivity (Wildman–Crippen MR) is 69.5 cm³/mol. The minimum atomic E-state index is -0.438. The third-order valence-corrected chi connectivity index (χ3v) is 3.72. The summed E-state index contributed by atoms with van der Waals surface area (Å²) in [6.07, 6.45) is 4.63. The fourth-order valence-corrected chi connectivity index (χ4v) is 2.62. The lowest BCUT2D eigenvalue weighted by atomic mass is 10.1. The Bertz CT molecular complexity index is 444. The normalized spacial score (nSPS) is 12.6. The van der Waals surface area contributed by atoms with Crippen LogP contribution in [-0.4, -0.2) is 10.1 Å². The molecule has 1 N–H and O–H groups in total. The van der Waals surface area contributed by atoms with Gasteiger partial charge in [-0.15, -0.1) is 11.3 Å². The molecule has 0 bridgehead atoms. The monoisotopic (exact) mass is 297 g/mol. The molecule has 84 valence electrons. The van der Waals surface area contributed by atoms with Crippen LogP contribution >= 0.6 is 27.3 Å². The highest BCUT2D eigenvalue weighted by molar-refractivity contribution is 9.10. The molecule has 2 aromatic heterocycles. The maximum absolute atomic E-state index is 9.99. The second-order valence-corrected chi connectivity index (χ2v) is 5.52. The van der Waals surface area contributed by atoms with Gasteiger partial charge in [0, 0.05) is 21.7 Å². The topological polar surface area (TPSA) is 33.1 Å². The quantitative estimate of drug-likeness (QED) is 0.936. The first-order chi connectivity index (χ1) is 7.75.